The maximum absolute atomic E-state index is 14.4. The van der Waals surface area contributed by atoms with Gasteiger partial charge in [-0.2, -0.15) is 11.8 Å². The van der Waals surface area contributed by atoms with Crippen LogP contribution in [-0.4, -0.2) is 196 Å². The summed E-state index contributed by atoms with van der Waals surface area (Å²) in [6.07, 6.45) is -4.28. The van der Waals surface area contributed by atoms with E-state index >= 15 is 0 Å². The highest BCUT2D eigenvalue weighted by molar-refractivity contribution is 7.98. The molecule has 2 aromatic rings. The summed E-state index contributed by atoms with van der Waals surface area (Å²) in [5.41, 5.74) is 36.7. The molecule has 0 saturated heterocycles. The van der Waals surface area contributed by atoms with E-state index in [4.69, 9.17) is 39.1 Å². The number of thioether (sulfide) groups is 1. The number of hydrogen-bond donors (Lipinski definition) is 18. The van der Waals surface area contributed by atoms with Crippen LogP contribution in [-0.2, 0) is 62.3 Å². The van der Waals surface area contributed by atoms with Crippen molar-refractivity contribution in [2.24, 2.45) is 44.4 Å². The molecule has 9 amide bonds. The van der Waals surface area contributed by atoms with Crippen LogP contribution in [0.5, 0.6) is 0 Å². The highest BCUT2D eigenvalue weighted by atomic mass is 32.2. The first-order chi connectivity index (χ1) is 43.6. The third-order valence-electron chi connectivity index (χ3n) is 14.2. The second kappa shape index (κ2) is 40.0. The van der Waals surface area contributed by atoms with E-state index in [1.54, 1.807) is 6.26 Å². The first-order valence-electron chi connectivity index (χ1n) is 29.4. The van der Waals surface area contributed by atoms with Gasteiger partial charge in [0.2, 0.25) is 47.3 Å². The number of guanidine groups is 2. The second-order valence-corrected chi connectivity index (χ2v) is 22.2. The minimum atomic E-state index is -1.90. The fourth-order valence-electron chi connectivity index (χ4n) is 9.50. The Morgan fingerprint density at radius 1 is 0.467 bits per heavy atom. The minimum absolute atomic E-state index is 0.0117. The van der Waals surface area contributed by atoms with E-state index in [9.17, 15) is 82.8 Å². The number of carbonyl (C=O) groups excluding carboxylic acids is 9. The van der Waals surface area contributed by atoms with Gasteiger partial charge in [-0.3, -0.25) is 62.7 Å². The zero-order chi connectivity index (χ0) is 68.5. The Kier molecular flexibility index (Phi) is 33.3. The average Bonchev–Trinajstić information content (AvgIpc) is 1.67. The van der Waals surface area contributed by atoms with E-state index in [0.717, 1.165) is 22.3 Å². The fourth-order valence-corrected chi connectivity index (χ4v) is 9.97. The SMILES string of the molecule is CSCC[C@H](NC(=O)[C@H](CCC(=O)O)NC(=O)[C@H](CCC(=O)O)NC(=O)OCC1c2ccccc2-c2ccccc21)C(=O)N[C@@H](CCC(N)=O)C(=O)N[C@@H](CCCN=C(N)N)C(=O)N[C@@H](CCCN=C(N)N)C(=O)N[C@@H](CCCCN)C(=O)N[C@@H](CC(=O)O)C(=O)O. The van der Waals surface area contributed by atoms with Gasteiger partial charge < -0.3 is 102 Å². The number of hydrogen-bond acceptors (Lipinski definition) is 18. The van der Waals surface area contributed by atoms with Crippen molar-refractivity contribution in [1.82, 2.24) is 42.5 Å². The van der Waals surface area contributed by atoms with E-state index < -0.39 is 176 Å². The number of amides is 9. The first kappa shape index (κ1) is 76.4. The predicted molar refractivity (Wildman–Crippen MR) is 333 cm³/mol. The van der Waals surface area contributed by atoms with Crippen LogP contribution in [0.4, 0.5) is 4.79 Å². The molecule has 1 aliphatic rings. The Hall–Kier alpha value is -9.80. The average molecular weight is 1310 g/mol. The lowest BCUT2D eigenvalue weighted by Gasteiger charge is -2.28. The molecular weight excluding hydrogens is 1230 g/mol. The highest BCUT2D eigenvalue weighted by Crippen LogP contribution is 2.44. The number of alkyl carbamates (subject to hydrolysis) is 1. The standard InChI is InChI=1S/C57H84N16O18S/c1-92-27-23-41(71-51(85)39(18-21-44(75)76)70-52(86)40(19-22-45(77)78)73-57(90)91-29-34-32-12-4-2-10-30(32)31-11-3-5-13-33(31)34)53(87)69-38(17-20-43(59)74)50(84)68-37(16-9-26-65-56(62)63)48(82)67-36(15-8-25-64-55(60)61)47(81)66-35(14-6-7-24-58)49(83)72-42(54(88)89)28-46(79)80/h2-5,10-13,34-42H,6-9,14-29,58H2,1H3,(H2,59,74)(H,66,81)(H,67,82)(H,68,84)(H,69,87)(H,70,86)(H,71,85)(H,72,83)(H,73,90)(H,75,76)(H,77,78)(H,79,80)(H,88,89)(H4,60,61,64)(H4,62,63,65)/t35-,36-,37-,38-,39-,40-,41-,42-/m0/s1. The number of carboxylic acid groups (broad SMARTS) is 4. The number of aliphatic imine (C=N–C) groups is 2. The van der Waals surface area contributed by atoms with Gasteiger partial charge >= 0.3 is 30.0 Å². The molecule has 0 radical (unpaired) electrons. The van der Waals surface area contributed by atoms with Crippen molar-refractivity contribution in [2.75, 3.05) is 38.2 Å². The van der Waals surface area contributed by atoms with Crippen LogP contribution >= 0.6 is 11.8 Å². The van der Waals surface area contributed by atoms with Crippen LogP contribution in [0.25, 0.3) is 11.1 Å². The summed E-state index contributed by atoms with van der Waals surface area (Å²) in [5, 5.41) is 57.3. The monoisotopic (exact) mass is 1310 g/mol. The van der Waals surface area contributed by atoms with Crippen molar-refractivity contribution in [3.05, 3.63) is 59.7 Å². The van der Waals surface area contributed by atoms with Crippen molar-refractivity contribution in [3.8, 4) is 11.1 Å². The highest BCUT2D eigenvalue weighted by Gasteiger charge is 2.36. The zero-order valence-electron chi connectivity index (χ0n) is 50.7. The molecule has 2 aromatic carbocycles. The van der Waals surface area contributed by atoms with Crippen LogP contribution < -0.4 is 76.9 Å². The van der Waals surface area contributed by atoms with Crippen LogP contribution in [0.1, 0.15) is 113 Å². The van der Waals surface area contributed by atoms with Gasteiger partial charge in [0.1, 0.15) is 54.9 Å². The van der Waals surface area contributed by atoms with Crippen molar-refractivity contribution < 1.29 is 87.5 Å². The summed E-state index contributed by atoms with van der Waals surface area (Å²) in [7, 11) is 0. The molecule has 92 heavy (non-hydrogen) atoms. The summed E-state index contributed by atoms with van der Waals surface area (Å²) in [6.45, 7) is -0.208. The van der Waals surface area contributed by atoms with E-state index in [1.807, 2.05) is 48.5 Å². The van der Waals surface area contributed by atoms with E-state index in [1.165, 1.54) is 11.8 Å². The second-order valence-electron chi connectivity index (χ2n) is 21.2. The number of ether oxygens (including phenoxy) is 1. The number of carboxylic acids is 4. The molecule has 35 heteroatoms. The topological polar surface area (TPSA) is 589 Å². The summed E-state index contributed by atoms with van der Waals surface area (Å²) < 4.78 is 5.58. The summed E-state index contributed by atoms with van der Waals surface area (Å²) in [4.78, 5) is 179. The fraction of sp³-hybridized carbons (Fsp3) is 0.526. The van der Waals surface area contributed by atoms with Crippen LogP contribution in [0, 0.1) is 0 Å². The van der Waals surface area contributed by atoms with Gasteiger partial charge in [-0.05, 0) is 111 Å². The molecule has 0 aromatic heterocycles. The van der Waals surface area contributed by atoms with Gasteiger partial charge in [-0.1, -0.05) is 48.5 Å². The molecule has 0 heterocycles. The number of nitrogens with one attached hydrogen (secondary N) is 8. The van der Waals surface area contributed by atoms with Crippen molar-refractivity contribution in [2.45, 2.75) is 151 Å². The molecule has 0 saturated carbocycles. The Labute approximate surface area is 533 Å². The van der Waals surface area contributed by atoms with E-state index in [0.29, 0.717) is 6.42 Å². The minimum Gasteiger partial charge on any atom is -0.481 e. The normalized spacial score (nSPS) is 13.9. The van der Waals surface area contributed by atoms with E-state index in [-0.39, 0.29) is 88.9 Å². The van der Waals surface area contributed by atoms with Crippen molar-refractivity contribution in [1.29, 1.82) is 0 Å². The van der Waals surface area contributed by atoms with E-state index in [2.05, 4.69) is 52.5 Å². The molecule has 3 rings (SSSR count). The maximum atomic E-state index is 14.4. The number of unbranched alkanes of at least 4 members (excludes halogenated alkanes) is 1. The lowest BCUT2D eigenvalue weighted by atomic mass is 9.98. The molecule has 506 valence electrons. The van der Waals surface area contributed by atoms with Gasteiger partial charge in [0.05, 0.1) is 6.42 Å². The molecule has 0 bridgehead atoms. The number of nitrogens with two attached hydrogens (primary N) is 6. The number of nitrogens with zero attached hydrogens (tertiary/aromatic N) is 2. The lowest BCUT2D eigenvalue weighted by Crippen LogP contribution is -2.60. The molecule has 0 fully saturated rings. The molecule has 0 aliphatic heterocycles. The first-order valence-corrected chi connectivity index (χ1v) is 30.8. The zero-order valence-corrected chi connectivity index (χ0v) is 51.5. The Morgan fingerprint density at radius 3 is 1.18 bits per heavy atom. The van der Waals surface area contributed by atoms with Crippen molar-refractivity contribution >= 4 is 101 Å². The van der Waals surface area contributed by atoms with Gasteiger partial charge in [0.15, 0.2) is 11.9 Å². The number of primary amides is 1. The molecule has 34 nitrogen and oxygen atoms in total. The number of carbonyl (C=O) groups is 13. The van der Waals surface area contributed by atoms with Crippen LogP contribution in [0.2, 0.25) is 0 Å². The number of rotatable bonds is 44. The summed E-state index contributed by atoms with van der Waals surface area (Å²) >= 11 is 1.22. The van der Waals surface area contributed by atoms with Gasteiger partial charge in [0.25, 0.3) is 0 Å². The predicted octanol–water partition coefficient (Wildman–Crippen LogP) is -3.17. The quantitative estimate of drug-likeness (QED) is 0.0177. The molecule has 24 N–H and O–H groups in total. The van der Waals surface area contributed by atoms with Gasteiger partial charge in [-0.15, -0.1) is 0 Å². The molecular formula is C57H84N16O18S. The lowest BCUT2D eigenvalue weighted by molar-refractivity contribution is -0.147. The Bertz CT molecular complexity index is 2940. The summed E-state index contributed by atoms with van der Waals surface area (Å²) in [6, 6.07) is 1.69. The molecule has 1 aliphatic carbocycles. The number of benzene rings is 2. The summed E-state index contributed by atoms with van der Waals surface area (Å²) in [5.74, 6) is -15.4. The number of fused-ring (bicyclic) bond motifs is 3. The van der Waals surface area contributed by atoms with Crippen LogP contribution in [0.3, 0.4) is 0 Å². The van der Waals surface area contributed by atoms with Crippen LogP contribution in [0.15, 0.2) is 58.5 Å². The smallest absolute Gasteiger partial charge is 0.407 e. The van der Waals surface area contributed by atoms with Crippen molar-refractivity contribution in [3.63, 3.8) is 0 Å². The third-order valence-corrected chi connectivity index (χ3v) is 14.8. The maximum Gasteiger partial charge on any atom is 0.407 e. The Balaban J connectivity index is 1.94. The van der Waals surface area contributed by atoms with Gasteiger partial charge in [-0.25, -0.2) is 9.59 Å². The molecule has 8 atom stereocenters. The molecule has 0 spiro atoms. The van der Waals surface area contributed by atoms with Gasteiger partial charge in [0, 0.05) is 38.3 Å². The third kappa shape index (κ3) is 27.5. The number of aliphatic carboxylic acids is 4. The molecule has 0 unspecified atom stereocenters. The Morgan fingerprint density at radius 2 is 0.826 bits per heavy atom. The largest absolute Gasteiger partial charge is 0.481 e.